The van der Waals surface area contributed by atoms with Crippen LogP contribution in [0.15, 0.2) is 6.20 Å². The molecule has 0 saturated heterocycles. The third kappa shape index (κ3) is 3.66. The fourth-order valence-corrected chi connectivity index (χ4v) is 1.45. The number of amides is 1. The van der Waals surface area contributed by atoms with Crippen LogP contribution in [0, 0.1) is 6.92 Å². The van der Waals surface area contributed by atoms with E-state index in [1.54, 1.807) is 10.9 Å². The van der Waals surface area contributed by atoms with Crippen LogP contribution < -0.4 is 10.6 Å². The van der Waals surface area contributed by atoms with Crippen molar-refractivity contribution < 1.29 is 4.79 Å². The highest BCUT2D eigenvalue weighted by molar-refractivity contribution is 5.94. The van der Waals surface area contributed by atoms with E-state index < -0.39 is 0 Å². The molecule has 5 nitrogen and oxygen atoms in total. The lowest BCUT2D eigenvalue weighted by molar-refractivity contribution is 0.0953. The summed E-state index contributed by atoms with van der Waals surface area (Å²) in [5, 5.41) is 10.2. The Morgan fingerprint density at radius 1 is 1.50 bits per heavy atom. The van der Waals surface area contributed by atoms with Gasteiger partial charge in [0.05, 0.1) is 11.3 Å². The quantitative estimate of drug-likeness (QED) is 0.714. The number of carbonyl (C=O) groups is 1. The lowest BCUT2D eigenvalue weighted by Crippen LogP contribution is -2.34. The van der Waals surface area contributed by atoms with E-state index in [2.05, 4.69) is 29.6 Å². The minimum absolute atomic E-state index is 0.0591. The number of aryl methyl sites for hydroxylation is 2. The van der Waals surface area contributed by atoms with Gasteiger partial charge < -0.3 is 10.6 Å². The van der Waals surface area contributed by atoms with Crippen LogP contribution in [0.4, 0.5) is 0 Å². The van der Waals surface area contributed by atoms with Gasteiger partial charge in [-0.2, -0.15) is 5.10 Å². The summed E-state index contributed by atoms with van der Waals surface area (Å²) in [5.74, 6) is -0.0591. The first-order valence-corrected chi connectivity index (χ1v) is 5.52. The van der Waals surface area contributed by atoms with Gasteiger partial charge in [0.25, 0.3) is 5.91 Å². The molecule has 0 aliphatic carbocycles. The zero-order valence-corrected chi connectivity index (χ0v) is 10.4. The van der Waals surface area contributed by atoms with Gasteiger partial charge in [-0.05, 0) is 6.92 Å². The highest BCUT2D eigenvalue weighted by Gasteiger charge is 2.11. The Morgan fingerprint density at radius 2 is 2.19 bits per heavy atom. The Kier molecular flexibility index (Phi) is 4.49. The number of nitrogens with one attached hydrogen (secondary N) is 2. The Bertz CT molecular complexity index is 357. The van der Waals surface area contributed by atoms with Crippen LogP contribution in [0.25, 0.3) is 0 Å². The van der Waals surface area contributed by atoms with Crippen LogP contribution in [0.2, 0.25) is 0 Å². The molecule has 0 bridgehead atoms. The second-order valence-corrected chi connectivity index (χ2v) is 4.17. The maximum absolute atomic E-state index is 11.7. The fraction of sp³-hybridized carbons (Fsp3) is 0.636. The molecule has 1 rings (SSSR count). The van der Waals surface area contributed by atoms with Crippen LogP contribution in [-0.4, -0.2) is 34.8 Å². The van der Waals surface area contributed by atoms with Crippen molar-refractivity contribution in [3.63, 3.8) is 0 Å². The van der Waals surface area contributed by atoms with Crippen molar-refractivity contribution in [2.45, 2.75) is 26.8 Å². The molecule has 2 N–H and O–H groups in total. The van der Waals surface area contributed by atoms with Gasteiger partial charge in [0.2, 0.25) is 0 Å². The van der Waals surface area contributed by atoms with Gasteiger partial charge >= 0.3 is 0 Å². The molecular weight excluding hydrogens is 204 g/mol. The van der Waals surface area contributed by atoms with Crippen LogP contribution >= 0.6 is 0 Å². The monoisotopic (exact) mass is 224 g/mol. The molecule has 5 heteroatoms. The number of nitrogens with zero attached hydrogens (tertiary/aromatic N) is 2. The molecule has 0 saturated carbocycles. The minimum atomic E-state index is -0.0591. The molecule has 0 aliphatic rings. The fourth-order valence-electron chi connectivity index (χ4n) is 1.45. The van der Waals surface area contributed by atoms with Crippen molar-refractivity contribution in [1.82, 2.24) is 20.4 Å². The first kappa shape index (κ1) is 12.7. The standard InChI is InChI=1S/C11H20N4O/c1-8(2)12-5-6-13-11(16)10-7-15(4)14-9(10)3/h7-8,12H,5-6H2,1-4H3,(H,13,16). The van der Waals surface area contributed by atoms with Crippen molar-refractivity contribution in [3.05, 3.63) is 17.5 Å². The summed E-state index contributed by atoms with van der Waals surface area (Å²) in [6.07, 6.45) is 1.74. The van der Waals surface area contributed by atoms with E-state index in [1.807, 2.05) is 14.0 Å². The molecule has 16 heavy (non-hydrogen) atoms. The molecule has 1 aromatic rings. The summed E-state index contributed by atoms with van der Waals surface area (Å²) >= 11 is 0. The molecule has 0 aromatic carbocycles. The average Bonchev–Trinajstić information content (AvgIpc) is 2.52. The minimum Gasteiger partial charge on any atom is -0.351 e. The van der Waals surface area contributed by atoms with E-state index in [1.165, 1.54) is 0 Å². The average molecular weight is 224 g/mol. The number of aromatic nitrogens is 2. The lowest BCUT2D eigenvalue weighted by atomic mass is 10.2. The largest absolute Gasteiger partial charge is 0.351 e. The second-order valence-electron chi connectivity index (χ2n) is 4.17. The maximum Gasteiger partial charge on any atom is 0.254 e. The molecule has 0 radical (unpaired) electrons. The number of hydrogen-bond donors (Lipinski definition) is 2. The first-order chi connectivity index (χ1) is 7.50. The third-order valence-electron chi connectivity index (χ3n) is 2.22. The van der Waals surface area contributed by atoms with Crippen LogP contribution in [0.5, 0.6) is 0 Å². The second kappa shape index (κ2) is 5.65. The van der Waals surface area contributed by atoms with Gasteiger partial charge in [0.15, 0.2) is 0 Å². The topological polar surface area (TPSA) is 59.0 Å². The molecule has 0 fully saturated rings. The van der Waals surface area contributed by atoms with Gasteiger partial charge in [0.1, 0.15) is 0 Å². The molecule has 0 atom stereocenters. The summed E-state index contributed by atoms with van der Waals surface area (Å²) in [7, 11) is 1.81. The van der Waals surface area contributed by atoms with Gasteiger partial charge in [-0.3, -0.25) is 9.48 Å². The Labute approximate surface area is 96.2 Å². The third-order valence-corrected chi connectivity index (χ3v) is 2.22. The Morgan fingerprint density at radius 3 is 2.69 bits per heavy atom. The molecule has 0 unspecified atom stereocenters. The predicted octanol–water partition coefficient (Wildman–Crippen LogP) is 0.456. The normalized spacial score (nSPS) is 10.8. The highest BCUT2D eigenvalue weighted by Crippen LogP contribution is 2.03. The van der Waals surface area contributed by atoms with E-state index in [9.17, 15) is 4.79 Å². The van der Waals surface area contributed by atoms with Crippen LogP contribution in [0.3, 0.4) is 0 Å². The van der Waals surface area contributed by atoms with E-state index in [0.29, 0.717) is 18.2 Å². The van der Waals surface area contributed by atoms with Crippen molar-refractivity contribution in [2.24, 2.45) is 7.05 Å². The summed E-state index contributed by atoms with van der Waals surface area (Å²) in [5.41, 5.74) is 1.41. The van der Waals surface area contributed by atoms with Crippen LogP contribution in [-0.2, 0) is 7.05 Å². The van der Waals surface area contributed by atoms with Gasteiger partial charge in [-0.15, -0.1) is 0 Å². The molecule has 0 aliphatic heterocycles. The molecule has 90 valence electrons. The summed E-state index contributed by atoms with van der Waals surface area (Å²) in [4.78, 5) is 11.7. The molecule has 1 amide bonds. The SMILES string of the molecule is Cc1nn(C)cc1C(=O)NCCNC(C)C. The van der Waals surface area contributed by atoms with Crippen molar-refractivity contribution in [1.29, 1.82) is 0 Å². The van der Waals surface area contributed by atoms with Gasteiger partial charge in [-0.25, -0.2) is 0 Å². The van der Waals surface area contributed by atoms with E-state index >= 15 is 0 Å². The lowest BCUT2D eigenvalue weighted by Gasteiger charge is -2.08. The smallest absolute Gasteiger partial charge is 0.254 e. The molecule has 1 heterocycles. The molecule has 1 aromatic heterocycles. The Hall–Kier alpha value is -1.36. The number of hydrogen-bond acceptors (Lipinski definition) is 3. The maximum atomic E-state index is 11.7. The van der Waals surface area contributed by atoms with Gasteiger partial charge in [0, 0.05) is 32.4 Å². The summed E-state index contributed by atoms with van der Waals surface area (Å²) in [6.45, 7) is 7.40. The van der Waals surface area contributed by atoms with Crippen molar-refractivity contribution in [3.8, 4) is 0 Å². The number of rotatable bonds is 5. The van der Waals surface area contributed by atoms with Crippen molar-refractivity contribution in [2.75, 3.05) is 13.1 Å². The zero-order valence-electron chi connectivity index (χ0n) is 10.4. The van der Waals surface area contributed by atoms with E-state index in [-0.39, 0.29) is 5.91 Å². The zero-order chi connectivity index (χ0) is 12.1. The Balaban J connectivity index is 2.38. The molecular formula is C11H20N4O. The highest BCUT2D eigenvalue weighted by atomic mass is 16.1. The van der Waals surface area contributed by atoms with Gasteiger partial charge in [-0.1, -0.05) is 13.8 Å². The van der Waals surface area contributed by atoms with Crippen LogP contribution in [0.1, 0.15) is 29.9 Å². The predicted molar refractivity (Wildman–Crippen MR) is 63.4 cm³/mol. The van der Waals surface area contributed by atoms with E-state index in [0.717, 1.165) is 12.2 Å². The first-order valence-electron chi connectivity index (χ1n) is 5.52. The summed E-state index contributed by atoms with van der Waals surface area (Å²) in [6, 6.07) is 0.442. The molecule has 0 spiro atoms. The van der Waals surface area contributed by atoms with Crippen molar-refractivity contribution >= 4 is 5.91 Å². The summed E-state index contributed by atoms with van der Waals surface area (Å²) < 4.78 is 1.65. The number of carbonyl (C=O) groups excluding carboxylic acids is 1. The van der Waals surface area contributed by atoms with E-state index in [4.69, 9.17) is 0 Å².